The van der Waals surface area contributed by atoms with Crippen molar-refractivity contribution in [3.63, 3.8) is 0 Å². The third-order valence-corrected chi connectivity index (χ3v) is 4.03. The highest BCUT2D eigenvalue weighted by Crippen LogP contribution is 2.24. The number of hydrogen-bond acceptors (Lipinski definition) is 3. The Morgan fingerprint density at radius 3 is 2.41 bits per heavy atom. The van der Waals surface area contributed by atoms with E-state index < -0.39 is 5.97 Å². The molecule has 1 aromatic carbocycles. The lowest BCUT2D eigenvalue weighted by Crippen LogP contribution is -2.31. The van der Waals surface area contributed by atoms with Crippen molar-refractivity contribution in [2.24, 2.45) is 5.92 Å². The van der Waals surface area contributed by atoms with Gasteiger partial charge in [0.1, 0.15) is 12.3 Å². The number of carbonyl (C=O) groups is 2. The fourth-order valence-electron chi connectivity index (χ4n) is 2.76. The molecule has 0 atom stereocenters. The molecular formula is C17H23NO4. The zero-order valence-electron chi connectivity index (χ0n) is 13.0. The summed E-state index contributed by atoms with van der Waals surface area (Å²) in [6.07, 6.45) is 6.37. The molecule has 22 heavy (non-hydrogen) atoms. The molecule has 1 amide bonds. The number of hydrogen-bond donors (Lipinski definition) is 1. The zero-order chi connectivity index (χ0) is 15.9. The number of aliphatic carboxylic acids is 1. The number of carbonyl (C=O) groups excluding carboxylic acids is 1. The minimum absolute atomic E-state index is 0.304. The van der Waals surface area contributed by atoms with Crippen molar-refractivity contribution < 1.29 is 19.4 Å². The molecular weight excluding hydrogens is 282 g/mol. The Balaban J connectivity index is 1.86. The Hall–Kier alpha value is -2.04. The smallest absolute Gasteiger partial charge is 0.323 e. The van der Waals surface area contributed by atoms with Gasteiger partial charge in [-0.05, 0) is 43.0 Å². The fraction of sp³-hybridized carbons (Fsp3) is 0.529. The number of ether oxygens (including phenoxy) is 1. The van der Waals surface area contributed by atoms with Crippen LogP contribution < -0.4 is 4.74 Å². The lowest BCUT2D eigenvalue weighted by atomic mass is 9.90. The van der Waals surface area contributed by atoms with Crippen LogP contribution in [0.15, 0.2) is 24.3 Å². The van der Waals surface area contributed by atoms with Gasteiger partial charge in [0.25, 0.3) is 5.91 Å². The van der Waals surface area contributed by atoms with Gasteiger partial charge in [0.05, 0.1) is 6.61 Å². The van der Waals surface area contributed by atoms with E-state index in [1.165, 1.54) is 44.1 Å². The quantitative estimate of drug-likeness (QED) is 0.877. The normalized spacial score (nSPS) is 15.3. The molecule has 0 unspecified atom stereocenters. The van der Waals surface area contributed by atoms with E-state index in [-0.39, 0.29) is 12.5 Å². The van der Waals surface area contributed by atoms with Gasteiger partial charge < -0.3 is 14.7 Å². The van der Waals surface area contributed by atoms with Crippen LogP contribution in [0.1, 0.15) is 42.5 Å². The molecule has 0 bridgehead atoms. The molecule has 0 aliphatic heterocycles. The number of benzene rings is 1. The molecule has 1 N–H and O–H groups in total. The maximum Gasteiger partial charge on any atom is 0.323 e. The zero-order valence-corrected chi connectivity index (χ0v) is 13.0. The molecule has 5 heteroatoms. The molecule has 1 aliphatic rings. The third kappa shape index (κ3) is 4.76. The summed E-state index contributed by atoms with van der Waals surface area (Å²) in [7, 11) is 1.48. The van der Waals surface area contributed by atoms with E-state index in [0.717, 1.165) is 12.4 Å². The lowest BCUT2D eigenvalue weighted by molar-refractivity contribution is -0.137. The molecule has 120 valence electrons. The first-order chi connectivity index (χ1) is 10.6. The summed E-state index contributed by atoms with van der Waals surface area (Å²) in [6.45, 7) is 0.422. The molecule has 2 rings (SSSR count). The largest absolute Gasteiger partial charge is 0.493 e. The van der Waals surface area contributed by atoms with Crippen molar-refractivity contribution >= 4 is 11.9 Å². The first-order valence-electron chi connectivity index (χ1n) is 7.76. The highest BCUT2D eigenvalue weighted by atomic mass is 16.5. The first kappa shape index (κ1) is 16.3. The second kappa shape index (κ2) is 7.82. The SMILES string of the molecule is CN(CC(=O)O)C(=O)c1ccc(OCC2CCCCC2)cc1. The van der Waals surface area contributed by atoms with Crippen molar-refractivity contribution in [3.05, 3.63) is 29.8 Å². The average molecular weight is 305 g/mol. The van der Waals surface area contributed by atoms with E-state index in [2.05, 4.69) is 0 Å². The van der Waals surface area contributed by atoms with Crippen LogP contribution in [0, 0.1) is 5.92 Å². The predicted octanol–water partition coefficient (Wildman–Crippen LogP) is 2.80. The molecule has 0 heterocycles. The highest BCUT2D eigenvalue weighted by Gasteiger charge is 2.16. The number of carboxylic acid groups (broad SMARTS) is 1. The summed E-state index contributed by atoms with van der Waals surface area (Å²) >= 11 is 0. The van der Waals surface area contributed by atoms with E-state index in [0.29, 0.717) is 11.5 Å². The molecule has 1 fully saturated rings. The predicted molar refractivity (Wildman–Crippen MR) is 83.1 cm³/mol. The van der Waals surface area contributed by atoms with Crippen LogP contribution >= 0.6 is 0 Å². The Morgan fingerprint density at radius 1 is 1.18 bits per heavy atom. The number of nitrogens with zero attached hydrogens (tertiary/aromatic N) is 1. The molecule has 0 aromatic heterocycles. The van der Waals surface area contributed by atoms with Gasteiger partial charge in [0.2, 0.25) is 0 Å². The molecule has 1 aromatic rings. The molecule has 0 saturated heterocycles. The second-order valence-electron chi connectivity index (χ2n) is 5.89. The number of amides is 1. The summed E-state index contributed by atoms with van der Waals surface area (Å²) in [4.78, 5) is 23.8. The summed E-state index contributed by atoms with van der Waals surface area (Å²) in [5.74, 6) is 0.0595. The van der Waals surface area contributed by atoms with Crippen molar-refractivity contribution in [3.8, 4) is 5.75 Å². The fourth-order valence-corrected chi connectivity index (χ4v) is 2.76. The van der Waals surface area contributed by atoms with Crippen LogP contribution in [0.2, 0.25) is 0 Å². The van der Waals surface area contributed by atoms with Gasteiger partial charge in [0.15, 0.2) is 0 Å². The summed E-state index contributed by atoms with van der Waals surface area (Å²) in [6, 6.07) is 6.89. The van der Waals surface area contributed by atoms with Crippen LogP contribution in [0.25, 0.3) is 0 Å². The van der Waals surface area contributed by atoms with Crippen LogP contribution in [0.3, 0.4) is 0 Å². The molecule has 0 spiro atoms. The van der Waals surface area contributed by atoms with Crippen molar-refractivity contribution in [1.82, 2.24) is 4.90 Å². The topological polar surface area (TPSA) is 66.8 Å². The third-order valence-electron chi connectivity index (χ3n) is 4.03. The Labute approximate surface area is 130 Å². The van der Waals surface area contributed by atoms with Gasteiger partial charge in [-0.2, -0.15) is 0 Å². The molecule has 0 radical (unpaired) electrons. The first-order valence-corrected chi connectivity index (χ1v) is 7.76. The minimum Gasteiger partial charge on any atom is -0.493 e. The molecule has 5 nitrogen and oxygen atoms in total. The lowest BCUT2D eigenvalue weighted by Gasteiger charge is -2.21. The maximum absolute atomic E-state index is 12.0. The Bertz CT molecular complexity index is 506. The van der Waals surface area contributed by atoms with Crippen LogP contribution in [-0.4, -0.2) is 42.1 Å². The van der Waals surface area contributed by atoms with Crippen molar-refractivity contribution in [1.29, 1.82) is 0 Å². The second-order valence-corrected chi connectivity index (χ2v) is 5.89. The highest BCUT2D eigenvalue weighted by molar-refractivity contribution is 5.95. The van der Waals surface area contributed by atoms with Gasteiger partial charge >= 0.3 is 5.97 Å². The monoisotopic (exact) mass is 305 g/mol. The van der Waals surface area contributed by atoms with E-state index in [1.54, 1.807) is 24.3 Å². The standard InChI is InChI=1S/C17H23NO4/c1-18(11-16(19)20)17(21)14-7-9-15(10-8-14)22-12-13-5-3-2-4-6-13/h7-10,13H,2-6,11-12H2,1H3,(H,19,20). The van der Waals surface area contributed by atoms with Crippen molar-refractivity contribution in [2.45, 2.75) is 32.1 Å². The van der Waals surface area contributed by atoms with Gasteiger partial charge in [-0.3, -0.25) is 9.59 Å². The Morgan fingerprint density at radius 2 is 1.82 bits per heavy atom. The van der Waals surface area contributed by atoms with E-state index >= 15 is 0 Å². The van der Waals surface area contributed by atoms with Gasteiger partial charge in [0, 0.05) is 12.6 Å². The van der Waals surface area contributed by atoms with Gasteiger partial charge in [-0.1, -0.05) is 19.3 Å². The van der Waals surface area contributed by atoms with Crippen LogP contribution in [0.5, 0.6) is 5.75 Å². The number of likely N-dealkylation sites (N-methyl/N-ethyl adjacent to an activating group) is 1. The summed E-state index contributed by atoms with van der Waals surface area (Å²) in [5.41, 5.74) is 0.466. The molecule has 1 saturated carbocycles. The minimum atomic E-state index is -1.02. The van der Waals surface area contributed by atoms with Crippen LogP contribution in [-0.2, 0) is 4.79 Å². The van der Waals surface area contributed by atoms with E-state index in [1.807, 2.05) is 0 Å². The number of carboxylic acids is 1. The maximum atomic E-state index is 12.0. The van der Waals surface area contributed by atoms with Crippen LogP contribution in [0.4, 0.5) is 0 Å². The summed E-state index contributed by atoms with van der Waals surface area (Å²) in [5, 5.41) is 8.70. The van der Waals surface area contributed by atoms with Gasteiger partial charge in [-0.15, -0.1) is 0 Å². The van der Waals surface area contributed by atoms with Gasteiger partial charge in [-0.25, -0.2) is 0 Å². The Kier molecular flexibility index (Phi) is 5.81. The summed E-state index contributed by atoms with van der Waals surface area (Å²) < 4.78 is 5.79. The van der Waals surface area contributed by atoms with Crippen molar-refractivity contribution in [2.75, 3.05) is 20.2 Å². The molecule has 1 aliphatic carbocycles. The van der Waals surface area contributed by atoms with E-state index in [4.69, 9.17) is 9.84 Å². The number of rotatable bonds is 6. The van der Waals surface area contributed by atoms with E-state index in [9.17, 15) is 9.59 Å². The average Bonchev–Trinajstić information content (AvgIpc) is 2.53.